The maximum atomic E-state index is 3.69. The van der Waals surface area contributed by atoms with Gasteiger partial charge in [0.25, 0.3) is 0 Å². The highest BCUT2D eigenvalue weighted by atomic mass is 14.8. The molecular formula is C9H20N2. The van der Waals surface area contributed by atoms with E-state index in [-0.39, 0.29) is 0 Å². The SMILES string of the molecule is C=NC=NC(=C)C.CC.CC. The molecule has 0 aliphatic carbocycles. The number of hydrogen-bond acceptors (Lipinski definition) is 1. The van der Waals surface area contributed by atoms with E-state index in [1.807, 2.05) is 27.7 Å². The van der Waals surface area contributed by atoms with Crippen LogP contribution in [-0.4, -0.2) is 13.1 Å². The minimum absolute atomic E-state index is 0.743. The zero-order valence-electron chi connectivity index (χ0n) is 8.39. The third-order valence-corrected chi connectivity index (χ3v) is 0.360. The van der Waals surface area contributed by atoms with Crippen molar-refractivity contribution >= 4 is 13.1 Å². The molecule has 0 fully saturated rings. The van der Waals surface area contributed by atoms with E-state index in [1.165, 1.54) is 6.34 Å². The van der Waals surface area contributed by atoms with Gasteiger partial charge in [-0.3, -0.25) is 4.99 Å². The molecule has 2 heteroatoms. The zero-order valence-corrected chi connectivity index (χ0v) is 8.39. The van der Waals surface area contributed by atoms with E-state index in [0.29, 0.717) is 0 Å². The first-order valence-electron chi connectivity index (χ1n) is 3.91. The van der Waals surface area contributed by atoms with Crippen molar-refractivity contribution in [1.82, 2.24) is 0 Å². The molecule has 11 heavy (non-hydrogen) atoms. The Bertz CT molecular complexity index is 104. The highest BCUT2D eigenvalue weighted by Crippen LogP contribution is 1.83. The third-order valence-electron chi connectivity index (χ3n) is 0.360. The van der Waals surface area contributed by atoms with Gasteiger partial charge in [-0.25, -0.2) is 4.99 Å². The van der Waals surface area contributed by atoms with E-state index in [4.69, 9.17) is 0 Å². The number of allylic oxidation sites excluding steroid dienone is 1. The van der Waals surface area contributed by atoms with E-state index in [1.54, 1.807) is 6.92 Å². The lowest BCUT2D eigenvalue weighted by molar-refractivity contribution is 1.33. The standard InChI is InChI=1S/C5H8N2.2C2H6/c1-5(2)7-4-6-3;2*1-2/h4H,1,3H2,2H3;2*1-2H3. The Morgan fingerprint density at radius 2 is 1.55 bits per heavy atom. The summed E-state index contributed by atoms with van der Waals surface area (Å²) < 4.78 is 0. The van der Waals surface area contributed by atoms with Crippen molar-refractivity contribution < 1.29 is 0 Å². The zero-order chi connectivity index (χ0) is 9.70. The first-order valence-corrected chi connectivity index (χ1v) is 3.91. The van der Waals surface area contributed by atoms with Crippen LogP contribution in [0, 0.1) is 0 Å². The minimum atomic E-state index is 0.743. The fraction of sp³-hybridized carbons (Fsp3) is 0.556. The van der Waals surface area contributed by atoms with Crippen LogP contribution in [0.15, 0.2) is 22.3 Å². The number of nitrogens with zero attached hydrogens (tertiary/aromatic N) is 2. The molecule has 0 bridgehead atoms. The molecule has 0 spiro atoms. The van der Waals surface area contributed by atoms with Crippen LogP contribution in [0.3, 0.4) is 0 Å². The first-order chi connectivity index (χ1) is 5.27. The van der Waals surface area contributed by atoms with Crippen LogP contribution < -0.4 is 0 Å². The van der Waals surface area contributed by atoms with Gasteiger partial charge in [0.1, 0.15) is 6.34 Å². The van der Waals surface area contributed by atoms with Gasteiger partial charge in [-0.15, -0.1) is 0 Å². The van der Waals surface area contributed by atoms with Gasteiger partial charge in [-0.2, -0.15) is 0 Å². The summed E-state index contributed by atoms with van der Waals surface area (Å²) >= 11 is 0. The van der Waals surface area contributed by atoms with Gasteiger partial charge in [0.2, 0.25) is 0 Å². The largest absolute Gasteiger partial charge is 0.253 e. The van der Waals surface area contributed by atoms with Crippen LogP contribution in [0.2, 0.25) is 0 Å². The summed E-state index contributed by atoms with van der Waals surface area (Å²) in [6.45, 7) is 16.5. The van der Waals surface area contributed by atoms with Crippen LogP contribution in [0.5, 0.6) is 0 Å². The lowest BCUT2D eigenvalue weighted by Crippen LogP contribution is -1.63. The maximum absolute atomic E-state index is 3.69. The molecule has 0 aliphatic heterocycles. The smallest absolute Gasteiger partial charge is 0.114 e. The van der Waals surface area contributed by atoms with Crippen LogP contribution in [0.25, 0.3) is 0 Å². The summed E-state index contributed by atoms with van der Waals surface area (Å²) in [5.41, 5.74) is 0.743. The van der Waals surface area contributed by atoms with Crippen molar-refractivity contribution in [3.8, 4) is 0 Å². The van der Waals surface area contributed by atoms with E-state index in [2.05, 4.69) is 23.3 Å². The summed E-state index contributed by atoms with van der Waals surface area (Å²) in [5, 5.41) is 0. The van der Waals surface area contributed by atoms with Crippen molar-refractivity contribution in [2.75, 3.05) is 0 Å². The quantitative estimate of drug-likeness (QED) is 0.433. The molecule has 0 aliphatic rings. The molecule has 0 aromatic rings. The molecule has 0 aromatic heterocycles. The second kappa shape index (κ2) is 23.0. The molecule has 0 heterocycles. The first kappa shape index (κ1) is 16.6. The molecule has 0 N–H and O–H groups in total. The molecule has 0 amide bonds. The van der Waals surface area contributed by atoms with Crippen molar-refractivity contribution in [2.24, 2.45) is 9.98 Å². The minimum Gasteiger partial charge on any atom is -0.253 e. The van der Waals surface area contributed by atoms with Crippen molar-refractivity contribution in [1.29, 1.82) is 0 Å². The fourth-order valence-electron chi connectivity index (χ4n) is 0.139. The predicted octanol–water partition coefficient (Wildman–Crippen LogP) is 3.30. The summed E-state index contributed by atoms with van der Waals surface area (Å²) in [4.78, 5) is 7.07. The van der Waals surface area contributed by atoms with Gasteiger partial charge < -0.3 is 0 Å². The summed E-state index contributed by atoms with van der Waals surface area (Å²) in [6.07, 6.45) is 1.36. The highest BCUT2D eigenvalue weighted by molar-refractivity contribution is 5.62. The Labute approximate surface area is 70.8 Å². The maximum Gasteiger partial charge on any atom is 0.114 e. The van der Waals surface area contributed by atoms with Crippen LogP contribution >= 0.6 is 0 Å². The molecule has 0 atom stereocenters. The average Bonchev–Trinajstić information content (AvgIpc) is 2.08. The number of aliphatic imine (C=N–C) groups is 2. The molecule has 2 nitrogen and oxygen atoms in total. The van der Waals surface area contributed by atoms with Gasteiger partial charge in [0.15, 0.2) is 0 Å². The van der Waals surface area contributed by atoms with E-state index in [9.17, 15) is 0 Å². The van der Waals surface area contributed by atoms with Gasteiger partial charge in [0.05, 0.1) is 0 Å². The second-order valence-corrected chi connectivity index (χ2v) is 1.16. The molecule has 0 aromatic carbocycles. The Hall–Kier alpha value is -0.920. The van der Waals surface area contributed by atoms with Crippen LogP contribution in [0.1, 0.15) is 34.6 Å². The molecule has 0 saturated carbocycles. The highest BCUT2D eigenvalue weighted by Gasteiger charge is 1.66. The number of rotatable bonds is 2. The van der Waals surface area contributed by atoms with Gasteiger partial charge in [0, 0.05) is 5.70 Å². The van der Waals surface area contributed by atoms with Crippen molar-refractivity contribution in [2.45, 2.75) is 34.6 Å². The van der Waals surface area contributed by atoms with Gasteiger partial charge >= 0.3 is 0 Å². The second-order valence-electron chi connectivity index (χ2n) is 1.16. The Morgan fingerprint density at radius 3 is 1.64 bits per heavy atom. The Kier molecular flexibility index (Phi) is 34.6. The molecular weight excluding hydrogens is 136 g/mol. The van der Waals surface area contributed by atoms with Gasteiger partial charge in [-0.05, 0) is 13.6 Å². The lowest BCUT2D eigenvalue weighted by atomic mass is 10.6. The van der Waals surface area contributed by atoms with Crippen LogP contribution in [0.4, 0.5) is 0 Å². The van der Waals surface area contributed by atoms with Crippen LogP contribution in [-0.2, 0) is 0 Å². The molecule has 0 saturated heterocycles. The summed E-state index contributed by atoms with van der Waals surface area (Å²) in [5.74, 6) is 0. The van der Waals surface area contributed by atoms with E-state index >= 15 is 0 Å². The number of hydrogen-bond donors (Lipinski definition) is 0. The molecule has 0 unspecified atom stereocenters. The normalized spacial score (nSPS) is 7.00. The predicted molar refractivity (Wildman–Crippen MR) is 55.6 cm³/mol. The molecule has 0 rings (SSSR count). The topological polar surface area (TPSA) is 24.7 Å². The molecule has 66 valence electrons. The van der Waals surface area contributed by atoms with Crippen molar-refractivity contribution in [3.63, 3.8) is 0 Å². The molecule has 0 radical (unpaired) electrons. The Balaban J connectivity index is -0.000000138. The monoisotopic (exact) mass is 156 g/mol. The Morgan fingerprint density at radius 1 is 1.18 bits per heavy atom. The fourth-order valence-corrected chi connectivity index (χ4v) is 0.139. The van der Waals surface area contributed by atoms with Gasteiger partial charge in [-0.1, -0.05) is 34.3 Å². The summed E-state index contributed by atoms with van der Waals surface area (Å²) in [6, 6.07) is 0. The lowest BCUT2D eigenvalue weighted by Gasteiger charge is -1.77. The van der Waals surface area contributed by atoms with Crippen molar-refractivity contribution in [3.05, 3.63) is 12.3 Å². The van der Waals surface area contributed by atoms with E-state index in [0.717, 1.165) is 5.70 Å². The average molecular weight is 156 g/mol. The van der Waals surface area contributed by atoms with E-state index < -0.39 is 0 Å². The summed E-state index contributed by atoms with van der Waals surface area (Å²) in [7, 11) is 0. The third kappa shape index (κ3) is 48.0.